The van der Waals surface area contributed by atoms with E-state index in [4.69, 9.17) is 0 Å². The molecule has 98 heavy (non-hydrogen) atoms. The molecular formula is C93H89N3O2. The fourth-order valence-electron chi connectivity index (χ4n) is 13.2. The van der Waals surface area contributed by atoms with Gasteiger partial charge in [-0.3, -0.25) is 4.90 Å². The summed E-state index contributed by atoms with van der Waals surface area (Å²) < 4.78 is 0. The van der Waals surface area contributed by atoms with Gasteiger partial charge in [-0.05, 0) is 148 Å². The van der Waals surface area contributed by atoms with E-state index in [1.807, 2.05) is 98.8 Å². The molecule has 1 heterocycles. The van der Waals surface area contributed by atoms with E-state index in [1.54, 1.807) is 0 Å². The maximum atomic E-state index is 12.4. The van der Waals surface area contributed by atoms with Crippen LogP contribution >= 0.6 is 0 Å². The lowest BCUT2D eigenvalue weighted by molar-refractivity contribution is 0.417. The second kappa shape index (κ2) is 32.9. The van der Waals surface area contributed by atoms with Crippen LogP contribution < -0.4 is 10.6 Å². The zero-order valence-corrected chi connectivity index (χ0v) is 57.6. The Morgan fingerprint density at radius 1 is 0.367 bits per heavy atom. The third-order valence-corrected chi connectivity index (χ3v) is 18.4. The molecule has 0 amide bonds. The minimum atomic E-state index is 0.162. The number of nitrogens with zero attached hydrogens (tertiary/aromatic N) is 1. The number of fused-ring (bicyclic) bond motifs is 6. The van der Waals surface area contributed by atoms with Gasteiger partial charge < -0.3 is 20.8 Å². The molecule has 0 spiro atoms. The number of phenolic OH excluding ortho intramolecular Hbond substituents is 2. The molecule has 5 heteroatoms. The van der Waals surface area contributed by atoms with Gasteiger partial charge in [0.2, 0.25) is 0 Å². The van der Waals surface area contributed by atoms with Crippen LogP contribution in [-0.2, 0) is 0 Å². The molecule has 4 N–H and O–H groups in total. The molecule has 14 aromatic carbocycles. The highest BCUT2D eigenvalue weighted by Gasteiger charge is 2.45. The van der Waals surface area contributed by atoms with E-state index in [0.29, 0.717) is 29.3 Å². The van der Waals surface area contributed by atoms with Crippen molar-refractivity contribution in [2.24, 2.45) is 0 Å². The average Bonchev–Trinajstić information content (AvgIpc) is 0.934. The van der Waals surface area contributed by atoms with Gasteiger partial charge >= 0.3 is 0 Å². The van der Waals surface area contributed by atoms with E-state index in [2.05, 4.69) is 312 Å². The number of nitrogens with one attached hydrogen (secondary N) is 2. The highest BCUT2D eigenvalue weighted by Crippen LogP contribution is 2.54. The lowest BCUT2D eigenvalue weighted by atomic mass is 9.83. The molecule has 14 aromatic rings. The van der Waals surface area contributed by atoms with Crippen molar-refractivity contribution in [1.82, 2.24) is 15.5 Å². The van der Waals surface area contributed by atoms with Crippen molar-refractivity contribution in [3.05, 3.63) is 385 Å². The fourth-order valence-corrected chi connectivity index (χ4v) is 13.2. The van der Waals surface area contributed by atoms with Crippen LogP contribution in [0.1, 0.15) is 107 Å². The van der Waals surface area contributed by atoms with Crippen LogP contribution in [0.15, 0.2) is 351 Å². The molecule has 0 saturated carbocycles. The quantitative estimate of drug-likeness (QED) is 0.0645. The standard InChI is InChI=1S/C40H26O2.3C17H19N.C2H6/c41-39-35-29(21-19-27-15-7-9-17-31(27)35)23-33(25-11-3-1-4-12-25)37(39)38-34(26-13-5-2-6-14-26)24-30-22-20-28-16-8-10-18-32(28)36(30)40(38)42;1-13-14(2)18(13)17(15-9-5-3-6-10-15)16-11-7-4-8-12-16;1-14(2)13-18-17(15-9-5-3-6-10-15)16-11-7-4-8-12-16;1-3-14(2)18-17(15-10-6-4-7-11-15)16-12-8-5-9-13-16;1-2/h1-24,41-42H;3-14,17H,1-2H3;2*3-13,17-18H,1-2H3;1-2H3/b;;;14-3-;/t;13-,14+,18?;;;. The van der Waals surface area contributed by atoms with E-state index >= 15 is 0 Å². The normalized spacial score (nSPS) is 13.8. The molecule has 1 aliphatic heterocycles. The maximum absolute atomic E-state index is 12.4. The topological polar surface area (TPSA) is 67.5 Å². The fraction of sp³-hybridized carbons (Fsp3) is 0.140. The molecule has 0 bridgehead atoms. The SMILES string of the molecule is C/C=C(/C)NC(c1ccccc1)c1ccccc1.CC.CC(C)=CNC(c1ccccc1)c1ccccc1.C[C@@H]1[C@H](C)N1C(c1ccccc1)c1ccccc1.Oc1c(-c2c(-c3ccccc3)cc3ccc4ccccc4c3c2O)c(-c2ccccc2)cc2ccc3ccccc3c12. The van der Waals surface area contributed by atoms with E-state index in [1.165, 1.54) is 44.7 Å². The summed E-state index contributed by atoms with van der Waals surface area (Å²) in [5, 5.41) is 39.4. The Morgan fingerprint density at radius 3 is 0.990 bits per heavy atom. The molecular weight excluding hydrogens is 1190 g/mol. The van der Waals surface area contributed by atoms with Crippen molar-refractivity contribution < 1.29 is 10.2 Å². The minimum absolute atomic E-state index is 0.162. The molecule has 488 valence electrons. The number of aromatic hydroxyl groups is 2. The van der Waals surface area contributed by atoms with Crippen molar-refractivity contribution in [2.75, 3.05) is 0 Å². The lowest BCUT2D eigenvalue weighted by Crippen LogP contribution is -2.20. The van der Waals surface area contributed by atoms with Gasteiger partial charge in [0.15, 0.2) is 0 Å². The molecule has 1 fully saturated rings. The van der Waals surface area contributed by atoms with Crippen LogP contribution in [-0.4, -0.2) is 27.2 Å². The first-order valence-electron chi connectivity index (χ1n) is 34.4. The largest absolute Gasteiger partial charge is 0.507 e. The molecule has 0 aromatic heterocycles. The number of rotatable bonds is 14. The first-order valence-corrected chi connectivity index (χ1v) is 34.4. The van der Waals surface area contributed by atoms with Crippen LogP contribution in [0.2, 0.25) is 0 Å². The highest BCUT2D eigenvalue weighted by molar-refractivity contribution is 6.20. The molecule has 0 radical (unpaired) electrons. The number of phenols is 2. The third-order valence-electron chi connectivity index (χ3n) is 18.4. The van der Waals surface area contributed by atoms with Crippen LogP contribution in [0.3, 0.4) is 0 Å². The Labute approximate surface area is 580 Å². The average molecular weight is 1280 g/mol. The Hall–Kier alpha value is -11.2. The monoisotopic (exact) mass is 1280 g/mol. The van der Waals surface area contributed by atoms with Gasteiger partial charge in [-0.2, -0.15) is 0 Å². The first kappa shape index (κ1) is 68.2. The minimum Gasteiger partial charge on any atom is -0.507 e. The summed E-state index contributed by atoms with van der Waals surface area (Å²) in [4.78, 5) is 2.57. The predicted octanol–water partition coefficient (Wildman–Crippen LogP) is 24.2. The van der Waals surface area contributed by atoms with Crippen molar-refractivity contribution >= 4 is 43.1 Å². The summed E-state index contributed by atoms with van der Waals surface area (Å²) in [5.41, 5.74) is 15.3. The van der Waals surface area contributed by atoms with E-state index in [0.717, 1.165) is 65.3 Å². The van der Waals surface area contributed by atoms with Crippen molar-refractivity contribution in [3.63, 3.8) is 0 Å². The van der Waals surface area contributed by atoms with Gasteiger partial charge in [0.05, 0.1) is 18.1 Å². The number of hydrogen-bond donors (Lipinski definition) is 4. The first-order chi connectivity index (χ1) is 48.1. The molecule has 1 saturated heterocycles. The summed E-state index contributed by atoms with van der Waals surface area (Å²) in [6.07, 6.45) is 4.17. The van der Waals surface area contributed by atoms with E-state index < -0.39 is 0 Å². The smallest absolute Gasteiger partial charge is 0.132 e. The van der Waals surface area contributed by atoms with Gasteiger partial charge in [-0.1, -0.05) is 341 Å². The predicted molar refractivity (Wildman–Crippen MR) is 418 cm³/mol. The second-order valence-electron chi connectivity index (χ2n) is 25.0. The van der Waals surface area contributed by atoms with Crippen molar-refractivity contribution in [3.8, 4) is 44.9 Å². The molecule has 0 aliphatic carbocycles. The molecule has 15 rings (SSSR count). The number of hydrogen-bond acceptors (Lipinski definition) is 5. The third kappa shape index (κ3) is 15.8. The molecule has 1 aliphatic rings. The summed E-state index contributed by atoms with van der Waals surface area (Å²) in [6, 6.07) is 115. The molecule has 5 nitrogen and oxygen atoms in total. The zero-order valence-electron chi connectivity index (χ0n) is 57.6. The maximum Gasteiger partial charge on any atom is 0.132 e. The Balaban J connectivity index is 0.000000145. The van der Waals surface area contributed by atoms with Crippen LogP contribution in [0.4, 0.5) is 0 Å². The summed E-state index contributed by atoms with van der Waals surface area (Å²) in [7, 11) is 0. The van der Waals surface area contributed by atoms with Gasteiger partial charge in [-0.15, -0.1) is 0 Å². The highest BCUT2D eigenvalue weighted by atomic mass is 16.3. The number of allylic oxidation sites excluding steroid dienone is 3. The van der Waals surface area contributed by atoms with E-state index in [9.17, 15) is 10.2 Å². The Bertz CT molecular complexity index is 4610. The van der Waals surface area contributed by atoms with E-state index in [-0.39, 0.29) is 23.6 Å². The van der Waals surface area contributed by atoms with Crippen LogP contribution in [0, 0.1) is 0 Å². The van der Waals surface area contributed by atoms with Gasteiger partial charge in [0, 0.05) is 39.7 Å². The Morgan fingerprint density at radius 2 is 0.663 bits per heavy atom. The van der Waals surface area contributed by atoms with Crippen molar-refractivity contribution in [2.45, 2.75) is 85.6 Å². The summed E-state index contributed by atoms with van der Waals surface area (Å²) in [5.74, 6) is 0.324. The van der Waals surface area contributed by atoms with Crippen molar-refractivity contribution in [1.29, 1.82) is 0 Å². The van der Waals surface area contributed by atoms with Crippen LogP contribution in [0.25, 0.3) is 76.5 Å². The second-order valence-corrected chi connectivity index (χ2v) is 25.0. The summed E-state index contributed by atoms with van der Waals surface area (Å²) >= 11 is 0. The molecule has 3 atom stereocenters. The van der Waals surface area contributed by atoms with Gasteiger partial charge in [-0.25, -0.2) is 0 Å². The van der Waals surface area contributed by atoms with Gasteiger partial charge in [0.1, 0.15) is 11.5 Å². The number of benzene rings is 14. The van der Waals surface area contributed by atoms with Crippen LogP contribution in [0.5, 0.6) is 11.5 Å². The zero-order chi connectivity index (χ0) is 68.3. The van der Waals surface area contributed by atoms with Gasteiger partial charge in [0.25, 0.3) is 0 Å². The Kier molecular flexibility index (Phi) is 22.9. The summed E-state index contributed by atoms with van der Waals surface area (Å²) in [6.45, 7) is 17.0. The molecule has 1 unspecified atom stereocenters. The lowest BCUT2D eigenvalue weighted by Gasteiger charge is -2.22.